The van der Waals surface area contributed by atoms with E-state index in [1.807, 2.05) is 62.4 Å². The van der Waals surface area contributed by atoms with Crippen molar-refractivity contribution in [1.82, 2.24) is 0 Å². The number of carbonyl (C=O) groups excluding carboxylic acids is 3. The molecule has 0 N–H and O–H groups in total. The van der Waals surface area contributed by atoms with Crippen molar-refractivity contribution in [2.45, 2.75) is 67.7 Å². The lowest BCUT2D eigenvalue weighted by Crippen LogP contribution is -2.14. The van der Waals surface area contributed by atoms with Crippen molar-refractivity contribution in [1.29, 1.82) is 5.26 Å². The van der Waals surface area contributed by atoms with Gasteiger partial charge in [0.25, 0.3) is 0 Å². The molecule has 2 aromatic rings. The van der Waals surface area contributed by atoms with Crippen LogP contribution in [0.25, 0.3) is 5.57 Å². The average Bonchev–Trinajstić information content (AvgIpc) is 3.23. The topological polar surface area (TPSA) is 103 Å². The van der Waals surface area contributed by atoms with Crippen LogP contribution in [-0.4, -0.2) is 31.6 Å². The SMILES string of the molecule is CC1C(=O)OC(=O)C1C.CCC(C)CC.CCC(C)COC(=O)/C(C#N)=C(/c1ccccc1)c1ccc(OC)cc1. The maximum Gasteiger partial charge on any atom is 0.349 e. The molecule has 0 saturated carbocycles. The summed E-state index contributed by atoms with van der Waals surface area (Å²) in [6, 6.07) is 18.7. The first-order valence-electron chi connectivity index (χ1n) is 14.3. The van der Waals surface area contributed by atoms with E-state index < -0.39 is 17.9 Å². The van der Waals surface area contributed by atoms with E-state index >= 15 is 0 Å². The van der Waals surface area contributed by atoms with Crippen LogP contribution in [0.4, 0.5) is 0 Å². The third kappa shape index (κ3) is 11.2. The van der Waals surface area contributed by atoms with Gasteiger partial charge in [-0.05, 0) is 35.1 Å². The van der Waals surface area contributed by atoms with Crippen molar-refractivity contribution >= 4 is 23.5 Å². The first kappa shape index (κ1) is 35.1. The summed E-state index contributed by atoms with van der Waals surface area (Å²) in [5, 5.41) is 9.68. The molecule has 0 radical (unpaired) electrons. The van der Waals surface area contributed by atoms with Gasteiger partial charge in [0.2, 0.25) is 0 Å². The molecule has 3 unspecified atom stereocenters. The number of hydrogen-bond acceptors (Lipinski definition) is 7. The fraction of sp³-hybridized carbons (Fsp3) is 0.471. The monoisotopic (exact) mass is 563 g/mol. The van der Waals surface area contributed by atoms with E-state index in [1.165, 1.54) is 12.8 Å². The second-order valence-corrected chi connectivity index (χ2v) is 10.3. The van der Waals surface area contributed by atoms with E-state index in [0.29, 0.717) is 17.9 Å². The van der Waals surface area contributed by atoms with Gasteiger partial charge in [0.05, 0.1) is 25.6 Å². The van der Waals surface area contributed by atoms with Crippen molar-refractivity contribution in [3.8, 4) is 11.8 Å². The van der Waals surface area contributed by atoms with Crippen LogP contribution in [0, 0.1) is 35.0 Å². The Balaban J connectivity index is 0.000000456. The predicted molar refractivity (Wildman–Crippen MR) is 161 cm³/mol. The van der Waals surface area contributed by atoms with Crippen molar-refractivity contribution < 1.29 is 28.6 Å². The van der Waals surface area contributed by atoms with Crippen LogP contribution in [0.3, 0.4) is 0 Å². The van der Waals surface area contributed by atoms with Crippen LogP contribution in [0.5, 0.6) is 5.75 Å². The number of rotatable bonds is 9. The van der Waals surface area contributed by atoms with E-state index in [2.05, 4.69) is 25.5 Å². The Morgan fingerprint density at radius 3 is 1.71 bits per heavy atom. The van der Waals surface area contributed by atoms with Crippen LogP contribution in [0.15, 0.2) is 60.2 Å². The van der Waals surface area contributed by atoms with Gasteiger partial charge >= 0.3 is 17.9 Å². The highest BCUT2D eigenvalue weighted by Crippen LogP contribution is 2.29. The van der Waals surface area contributed by atoms with Gasteiger partial charge in [-0.2, -0.15) is 5.26 Å². The number of benzene rings is 2. The fourth-order valence-electron chi connectivity index (χ4n) is 3.41. The zero-order valence-electron chi connectivity index (χ0n) is 25.7. The maximum absolute atomic E-state index is 12.6. The summed E-state index contributed by atoms with van der Waals surface area (Å²) in [6.45, 7) is 14.5. The number of nitrogens with zero attached hydrogens (tertiary/aromatic N) is 1. The largest absolute Gasteiger partial charge is 0.497 e. The first-order chi connectivity index (χ1) is 19.5. The number of ether oxygens (including phenoxy) is 3. The zero-order chi connectivity index (χ0) is 30.9. The minimum atomic E-state index is -0.595. The molecule has 7 nitrogen and oxygen atoms in total. The third-order valence-electron chi connectivity index (χ3n) is 7.29. The van der Waals surface area contributed by atoms with Crippen molar-refractivity contribution in [3.63, 3.8) is 0 Å². The Morgan fingerprint density at radius 2 is 1.34 bits per heavy atom. The van der Waals surface area contributed by atoms with Crippen molar-refractivity contribution in [3.05, 3.63) is 71.3 Å². The molecular formula is C34H45NO6. The zero-order valence-corrected chi connectivity index (χ0v) is 25.7. The molecule has 3 atom stereocenters. The quantitative estimate of drug-likeness (QED) is 0.136. The van der Waals surface area contributed by atoms with Gasteiger partial charge < -0.3 is 14.2 Å². The van der Waals surface area contributed by atoms with Gasteiger partial charge in [0.1, 0.15) is 17.4 Å². The van der Waals surface area contributed by atoms with Crippen LogP contribution in [0.2, 0.25) is 0 Å². The highest BCUT2D eigenvalue weighted by Gasteiger charge is 2.37. The average molecular weight is 564 g/mol. The van der Waals surface area contributed by atoms with Gasteiger partial charge in [-0.25, -0.2) is 4.79 Å². The second-order valence-electron chi connectivity index (χ2n) is 10.3. The molecule has 1 aliphatic heterocycles. The number of nitriles is 1. The molecule has 222 valence electrons. The summed E-state index contributed by atoms with van der Waals surface area (Å²) in [5.74, 6) is 0.00143. The molecule has 0 bridgehead atoms. The van der Waals surface area contributed by atoms with E-state index in [9.17, 15) is 19.6 Å². The summed E-state index contributed by atoms with van der Waals surface area (Å²) in [6.07, 6.45) is 3.57. The Morgan fingerprint density at radius 1 is 0.854 bits per heavy atom. The number of methoxy groups -OCH3 is 1. The normalized spacial score (nSPS) is 17.1. The number of hydrogen-bond donors (Lipinski definition) is 0. The molecule has 1 aliphatic rings. The minimum absolute atomic E-state index is 0.00432. The first-order valence-corrected chi connectivity index (χ1v) is 14.3. The highest BCUT2D eigenvalue weighted by atomic mass is 16.6. The van der Waals surface area contributed by atoms with Crippen LogP contribution < -0.4 is 4.74 Å². The van der Waals surface area contributed by atoms with E-state index in [0.717, 1.165) is 23.5 Å². The molecule has 3 rings (SSSR count). The van der Waals surface area contributed by atoms with Gasteiger partial charge in [-0.15, -0.1) is 0 Å². The van der Waals surface area contributed by atoms with Crippen molar-refractivity contribution in [2.75, 3.05) is 13.7 Å². The van der Waals surface area contributed by atoms with E-state index in [-0.39, 0.29) is 23.3 Å². The number of carbonyl (C=O) groups is 3. The number of cyclic esters (lactones) is 2. The molecule has 1 heterocycles. The lowest BCUT2D eigenvalue weighted by atomic mass is 9.93. The van der Waals surface area contributed by atoms with E-state index in [1.54, 1.807) is 33.1 Å². The summed E-state index contributed by atoms with van der Waals surface area (Å²) in [4.78, 5) is 33.7. The molecule has 1 fully saturated rings. The lowest BCUT2D eigenvalue weighted by molar-refractivity contribution is -0.153. The molecule has 0 amide bonds. The smallest absolute Gasteiger partial charge is 0.349 e. The molecule has 1 saturated heterocycles. The summed E-state index contributed by atoms with van der Waals surface area (Å²) in [5.41, 5.74) is 2.11. The van der Waals surface area contributed by atoms with Crippen molar-refractivity contribution in [2.24, 2.45) is 23.7 Å². The molecule has 2 aromatic carbocycles. The van der Waals surface area contributed by atoms with Crippen LogP contribution in [0.1, 0.15) is 78.9 Å². The van der Waals surface area contributed by atoms with Gasteiger partial charge in [-0.1, -0.05) is 110 Å². The van der Waals surface area contributed by atoms with E-state index in [4.69, 9.17) is 9.47 Å². The molecule has 0 aliphatic carbocycles. The lowest BCUT2D eigenvalue weighted by Gasteiger charge is -2.14. The molecule has 41 heavy (non-hydrogen) atoms. The molecular weight excluding hydrogens is 518 g/mol. The molecule has 0 aromatic heterocycles. The van der Waals surface area contributed by atoms with Crippen LogP contribution in [-0.2, 0) is 23.9 Å². The standard InChI is InChI=1S/C22H23NO3.C6H8O3.C6H14/c1-4-16(2)15-26-22(24)20(14-23)21(17-8-6-5-7-9-17)18-10-12-19(25-3)13-11-18;1-3-4(2)6(8)9-5(3)7;1-4-6(3)5-2/h5-13,16H,4,15H2,1-3H3;3-4H,1-2H3;6H,4-5H2,1-3H3/b21-20-;;. The van der Waals surface area contributed by atoms with Gasteiger partial charge in [0, 0.05) is 5.57 Å². The Labute approximate surface area is 245 Å². The Bertz CT molecular complexity index is 1160. The summed E-state index contributed by atoms with van der Waals surface area (Å²) < 4.78 is 14.9. The Hall–Kier alpha value is -3.92. The van der Waals surface area contributed by atoms with Gasteiger partial charge in [-0.3, -0.25) is 9.59 Å². The summed E-state index contributed by atoms with van der Waals surface area (Å²) >= 11 is 0. The summed E-state index contributed by atoms with van der Waals surface area (Å²) in [7, 11) is 1.59. The van der Waals surface area contributed by atoms with Crippen LogP contribution >= 0.6 is 0 Å². The minimum Gasteiger partial charge on any atom is -0.497 e. The Kier molecular flexibility index (Phi) is 15.8. The molecule has 7 heteroatoms. The third-order valence-corrected chi connectivity index (χ3v) is 7.29. The second kappa shape index (κ2) is 18.4. The molecule has 0 spiro atoms. The predicted octanol–water partition coefficient (Wildman–Crippen LogP) is 7.39. The van der Waals surface area contributed by atoms with Gasteiger partial charge in [0.15, 0.2) is 0 Å². The maximum atomic E-state index is 12.6. The fourth-order valence-corrected chi connectivity index (χ4v) is 3.41. The number of esters is 3. The highest BCUT2D eigenvalue weighted by molar-refractivity contribution is 6.05.